The highest BCUT2D eigenvalue weighted by atomic mass is 16.2. The van der Waals surface area contributed by atoms with E-state index < -0.39 is 0 Å². The molecule has 0 aliphatic rings. The molecule has 1 radical (unpaired) electrons. The Morgan fingerprint density at radius 3 is 2.25 bits per heavy atom. The van der Waals surface area contributed by atoms with E-state index in [1.807, 2.05) is 0 Å². The van der Waals surface area contributed by atoms with Gasteiger partial charge in [-0.05, 0) is 6.92 Å². The molecule has 0 saturated carbocycles. The van der Waals surface area contributed by atoms with Gasteiger partial charge in [0.1, 0.15) is 0 Å². The second kappa shape index (κ2) is 3.18. The van der Waals surface area contributed by atoms with Gasteiger partial charge in [-0.15, -0.1) is 0 Å². The lowest BCUT2D eigenvalue weighted by molar-refractivity contribution is -0.128. The van der Waals surface area contributed by atoms with Crippen molar-refractivity contribution in [3.8, 4) is 0 Å². The van der Waals surface area contributed by atoms with Crippen molar-refractivity contribution in [3.05, 3.63) is 6.92 Å². The smallest absolute Gasteiger partial charge is 0.226 e. The molecule has 0 aromatic carbocycles. The van der Waals surface area contributed by atoms with Gasteiger partial charge in [-0.1, -0.05) is 0 Å². The number of carbonyl (C=O) groups is 2. The van der Waals surface area contributed by atoms with Gasteiger partial charge in [0.15, 0.2) is 0 Å². The van der Waals surface area contributed by atoms with Crippen molar-refractivity contribution in [2.45, 2.75) is 13.3 Å². The molecular weight excluding hydrogens is 106 g/mol. The van der Waals surface area contributed by atoms with Crippen molar-refractivity contribution in [3.63, 3.8) is 0 Å². The number of hydrogen-bond acceptors (Lipinski definition) is 2. The highest BCUT2D eigenvalue weighted by Crippen LogP contribution is 1.71. The molecule has 0 spiro atoms. The molecule has 0 heterocycles. The Balaban J connectivity index is 3.40. The standard InChI is InChI=1S/C5H8NO2/c1-3-5(8)6-4(2)7/h1,3H2,2H3,(H,6,7,8). The van der Waals surface area contributed by atoms with E-state index in [-0.39, 0.29) is 18.2 Å². The molecule has 3 heteroatoms. The zero-order valence-electron chi connectivity index (χ0n) is 4.73. The first-order chi connectivity index (χ1) is 3.66. The number of amides is 2. The summed E-state index contributed by atoms with van der Waals surface area (Å²) in [7, 11) is 0. The molecule has 0 aromatic heterocycles. The number of carbonyl (C=O) groups excluding carboxylic acids is 2. The lowest BCUT2D eigenvalue weighted by Crippen LogP contribution is -2.26. The van der Waals surface area contributed by atoms with E-state index in [2.05, 4.69) is 12.2 Å². The van der Waals surface area contributed by atoms with Gasteiger partial charge in [0.2, 0.25) is 11.8 Å². The van der Waals surface area contributed by atoms with Crippen molar-refractivity contribution in [1.82, 2.24) is 5.32 Å². The van der Waals surface area contributed by atoms with Crippen molar-refractivity contribution in [2.24, 2.45) is 0 Å². The monoisotopic (exact) mass is 114 g/mol. The van der Waals surface area contributed by atoms with E-state index >= 15 is 0 Å². The van der Waals surface area contributed by atoms with E-state index in [0.29, 0.717) is 0 Å². The van der Waals surface area contributed by atoms with E-state index in [1.54, 1.807) is 0 Å². The highest BCUT2D eigenvalue weighted by molar-refractivity contribution is 5.94. The number of rotatable bonds is 1. The summed E-state index contributed by atoms with van der Waals surface area (Å²) >= 11 is 0. The summed E-state index contributed by atoms with van der Waals surface area (Å²) < 4.78 is 0. The minimum atomic E-state index is -0.336. The first-order valence-corrected chi connectivity index (χ1v) is 2.26. The predicted octanol–water partition coefficient (Wildman–Crippen LogP) is -0.127. The molecule has 8 heavy (non-hydrogen) atoms. The number of imide groups is 1. The van der Waals surface area contributed by atoms with Gasteiger partial charge in [-0.3, -0.25) is 14.9 Å². The van der Waals surface area contributed by atoms with Gasteiger partial charge in [0.05, 0.1) is 0 Å². The Labute approximate surface area is 48.1 Å². The van der Waals surface area contributed by atoms with Gasteiger partial charge < -0.3 is 0 Å². The minimum Gasteiger partial charge on any atom is -0.297 e. The largest absolute Gasteiger partial charge is 0.297 e. The van der Waals surface area contributed by atoms with Crippen LogP contribution in [-0.4, -0.2) is 11.8 Å². The molecule has 2 amide bonds. The SMILES string of the molecule is [CH2]CC(=O)NC(C)=O. The lowest BCUT2D eigenvalue weighted by Gasteiger charge is -1.92. The molecule has 0 unspecified atom stereocenters. The molecule has 0 bridgehead atoms. The van der Waals surface area contributed by atoms with Crippen molar-refractivity contribution in [1.29, 1.82) is 0 Å². The molecule has 0 aliphatic heterocycles. The van der Waals surface area contributed by atoms with Crippen LogP contribution in [0, 0.1) is 6.92 Å². The van der Waals surface area contributed by atoms with Gasteiger partial charge >= 0.3 is 0 Å². The van der Waals surface area contributed by atoms with Crippen LogP contribution < -0.4 is 5.32 Å². The average molecular weight is 114 g/mol. The lowest BCUT2D eigenvalue weighted by atomic mass is 10.4. The van der Waals surface area contributed by atoms with Crippen LogP contribution in [0.2, 0.25) is 0 Å². The second-order valence-electron chi connectivity index (χ2n) is 1.35. The molecule has 45 valence electrons. The topological polar surface area (TPSA) is 46.2 Å². The second-order valence-corrected chi connectivity index (χ2v) is 1.35. The summed E-state index contributed by atoms with van der Waals surface area (Å²) in [5.74, 6) is -0.670. The summed E-state index contributed by atoms with van der Waals surface area (Å²) in [6.45, 7) is 4.56. The number of nitrogens with one attached hydrogen (secondary N) is 1. The fraction of sp³-hybridized carbons (Fsp3) is 0.400. The molecule has 0 aromatic rings. The van der Waals surface area contributed by atoms with Crippen LogP contribution in [0.25, 0.3) is 0 Å². The third kappa shape index (κ3) is 3.33. The van der Waals surface area contributed by atoms with Crippen LogP contribution in [0.15, 0.2) is 0 Å². The fourth-order valence-electron chi connectivity index (χ4n) is 0.259. The maximum Gasteiger partial charge on any atom is 0.226 e. The summed E-state index contributed by atoms with van der Waals surface area (Å²) in [6, 6.07) is 0. The molecule has 3 nitrogen and oxygen atoms in total. The van der Waals surface area contributed by atoms with Crippen LogP contribution in [0.3, 0.4) is 0 Å². The molecule has 0 fully saturated rings. The van der Waals surface area contributed by atoms with E-state index in [0.717, 1.165) is 0 Å². The van der Waals surface area contributed by atoms with E-state index in [1.165, 1.54) is 6.92 Å². The first kappa shape index (κ1) is 7.14. The van der Waals surface area contributed by atoms with E-state index in [4.69, 9.17) is 0 Å². The fourth-order valence-corrected chi connectivity index (χ4v) is 0.259. The Kier molecular flexibility index (Phi) is 2.84. The van der Waals surface area contributed by atoms with Gasteiger partial charge in [-0.25, -0.2) is 0 Å². The van der Waals surface area contributed by atoms with Crippen LogP contribution >= 0.6 is 0 Å². The Morgan fingerprint density at radius 2 is 2.12 bits per heavy atom. The van der Waals surface area contributed by atoms with Gasteiger partial charge in [0, 0.05) is 13.3 Å². The molecular formula is C5H8NO2. The summed E-state index contributed by atoms with van der Waals surface area (Å²) in [5, 5.41) is 2.05. The molecule has 1 N–H and O–H groups in total. The van der Waals surface area contributed by atoms with Crippen LogP contribution in [0.4, 0.5) is 0 Å². The Bertz CT molecular complexity index is 109. The highest BCUT2D eigenvalue weighted by Gasteiger charge is 1.96. The normalized spacial score (nSPS) is 8.25. The average Bonchev–Trinajstić information content (AvgIpc) is 1.65. The first-order valence-electron chi connectivity index (χ1n) is 2.26. The summed E-state index contributed by atoms with van der Waals surface area (Å²) in [5.41, 5.74) is 0. The summed E-state index contributed by atoms with van der Waals surface area (Å²) in [6.07, 6.45) is 0.111. The summed E-state index contributed by atoms with van der Waals surface area (Å²) in [4.78, 5) is 20.3. The van der Waals surface area contributed by atoms with Crippen LogP contribution in [0.1, 0.15) is 13.3 Å². The van der Waals surface area contributed by atoms with Crippen molar-refractivity contribution in [2.75, 3.05) is 0 Å². The molecule has 0 rings (SSSR count). The number of hydrogen-bond donors (Lipinski definition) is 1. The van der Waals surface area contributed by atoms with Crippen LogP contribution in [-0.2, 0) is 9.59 Å². The zero-order chi connectivity index (χ0) is 6.57. The third-order valence-electron chi connectivity index (χ3n) is 0.543. The van der Waals surface area contributed by atoms with Crippen molar-refractivity contribution >= 4 is 11.8 Å². The maximum absolute atomic E-state index is 10.2. The maximum atomic E-state index is 10.2. The Hall–Kier alpha value is -0.860. The molecule has 0 saturated heterocycles. The van der Waals surface area contributed by atoms with Crippen molar-refractivity contribution < 1.29 is 9.59 Å². The Morgan fingerprint density at radius 1 is 1.62 bits per heavy atom. The zero-order valence-corrected chi connectivity index (χ0v) is 4.73. The molecule has 0 aliphatic carbocycles. The van der Waals surface area contributed by atoms with Crippen LogP contribution in [0.5, 0.6) is 0 Å². The van der Waals surface area contributed by atoms with Gasteiger partial charge in [-0.2, -0.15) is 0 Å². The van der Waals surface area contributed by atoms with E-state index in [9.17, 15) is 9.59 Å². The third-order valence-corrected chi connectivity index (χ3v) is 0.543. The quantitative estimate of drug-likeness (QED) is 0.516. The predicted molar refractivity (Wildman–Crippen MR) is 28.8 cm³/mol. The van der Waals surface area contributed by atoms with Gasteiger partial charge in [0.25, 0.3) is 0 Å². The minimum absolute atomic E-state index is 0.111. The molecule has 0 atom stereocenters.